The van der Waals surface area contributed by atoms with Gasteiger partial charge in [0.1, 0.15) is 0 Å². The van der Waals surface area contributed by atoms with Crippen molar-refractivity contribution >= 4 is 5.91 Å². The first-order valence-electron chi connectivity index (χ1n) is 8.93. The van der Waals surface area contributed by atoms with Crippen molar-refractivity contribution in [1.82, 2.24) is 4.90 Å². The molecule has 1 atom stereocenters. The highest BCUT2D eigenvalue weighted by Crippen LogP contribution is 2.40. The van der Waals surface area contributed by atoms with Gasteiger partial charge >= 0.3 is 0 Å². The number of piperidine rings is 1. The van der Waals surface area contributed by atoms with Gasteiger partial charge in [0, 0.05) is 25.0 Å². The molecule has 0 saturated carbocycles. The second kappa shape index (κ2) is 7.81. The summed E-state index contributed by atoms with van der Waals surface area (Å²) in [5.41, 5.74) is 7.73. The summed E-state index contributed by atoms with van der Waals surface area (Å²) in [5.74, 6) is -0.0195. The molecule has 2 aromatic rings. The fourth-order valence-electron chi connectivity index (χ4n) is 3.83. The number of aliphatic hydroxyl groups is 1. The van der Waals surface area contributed by atoms with Gasteiger partial charge in [-0.3, -0.25) is 4.79 Å². The number of amides is 1. The van der Waals surface area contributed by atoms with E-state index < -0.39 is 6.10 Å². The van der Waals surface area contributed by atoms with Crippen LogP contribution >= 0.6 is 0 Å². The fourth-order valence-corrected chi connectivity index (χ4v) is 3.83. The lowest BCUT2D eigenvalue weighted by atomic mass is 9.69. The van der Waals surface area contributed by atoms with E-state index in [1.54, 1.807) is 0 Å². The molecule has 0 radical (unpaired) electrons. The van der Waals surface area contributed by atoms with E-state index in [-0.39, 0.29) is 24.3 Å². The predicted octanol–water partition coefficient (Wildman–Crippen LogP) is 2.30. The second-order valence-corrected chi connectivity index (χ2v) is 6.83. The van der Waals surface area contributed by atoms with Gasteiger partial charge in [-0.2, -0.15) is 0 Å². The molecule has 0 aromatic heterocycles. The number of aliphatic hydroxyl groups excluding tert-OH is 1. The minimum absolute atomic E-state index is 0.0195. The smallest absolute Gasteiger partial charge is 0.225 e. The Morgan fingerprint density at radius 3 is 2.16 bits per heavy atom. The lowest BCUT2D eigenvalue weighted by Crippen LogP contribution is -2.50. The molecule has 1 heterocycles. The lowest BCUT2D eigenvalue weighted by Gasteiger charge is -2.44. The van der Waals surface area contributed by atoms with Crippen molar-refractivity contribution in [2.45, 2.75) is 30.8 Å². The Bertz CT molecular complexity index is 648. The summed E-state index contributed by atoms with van der Waals surface area (Å²) in [6.07, 6.45) is 1.27. The highest BCUT2D eigenvalue weighted by atomic mass is 16.3. The summed E-state index contributed by atoms with van der Waals surface area (Å²) in [7, 11) is 0. The van der Waals surface area contributed by atoms with Crippen molar-refractivity contribution in [2.75, 3.05) is 19.6 Å². The molecule has 0 unspecified atom stereocenters. The zero-order valence-electron chi connectivity index (χ0n) is 14.5. The Kier molecular flexibility index (Phi) is 5.51. The Morgan fingerprint density at radius 2 is 1.64 bits per heavy atom. The summed E-state index contributed by atoms with van der Waals surface area (Å²) in [6.45, 7) is 1.48. The summed E-state index contributed by atoms with van der Waals surface area (Å²) in [4.78, 5) is 14.5. The molecule has 4 heteroatoms. The predicted molar refractivity (Wildman–Crippen MR) is 99.2 cm³/mol. The van der Waals surface area contributed by atoms with Crippen LogP contribution in [0.1, 0.15) is 30.4 Å². The number of hydrogen-bond acceptors (Lipinski definition) is 3. The molecule has 1 saturated heterocycles. The SMILES string of the molecule is NC[C@@H](O)CC(=O)N1CCCC(c2ccccc2)(c2ccccc2)C1. The molecule has 25 heavy (non-hydrogen) atoms. The first kappa shape index (κ1) is 17.6. The number of benzene rings is 2. The monoisotopic (exact) mass is 338 g/mol. The first-order chi connectivity index (χ1) is 12.2. The van der Waals surface area contributed by atoms with Gasteiger partial charge in [-0.05, 0) is 24.0 Å². The van der Waals surface area contributed by atoms with Gasteiger partial charge in [-0.25, -0.2) is 0 Å². The van der Waals surface area contributed by atoms with Crippen LogP contribution in [-0.2, 0) is 10.2 Å². The molecule has 132 valence electrons. The third-order valence-electron chi connectivity index (χ3n) is 5.18. The molecular weight excluding hydrogens is 312 g/mol. The van der Waals surface area contributed by atoms with Crippen molar-refractivity contribution in [1.29, 1.82) is 0 Å². The Hall–Kier alpha value is -2.17. The minimum Gasteiger partial charge on any atom is -0.391 e. The van der Waals surface area contributed by atoms with Gasteiger partial charge in [0.05, 0.1) is 12.5 Å². The van der Waals surface area contributed by atoms with E-state index in [0.29, 0.717) is 6.54 Å². The van der Waals surface area contributed by atoms with Gasteiger partial charge in [-0.1, -0.05) is 60.7 Å². The molecule has 1 aliphatic rings. The largest absolute Gasteiger partial charge is 0.391 e. The van der Waals surface area contributed by atoms with Crippen LogP contribution in [0.2, 0.25) is 0 Å². The van der Waals surface area contributed by atoms with Gasteiger partial charge in [0.25, 0.3) is 0 Å². The van der Waals surface area contributed by atoms with E-state index in [9.17, 15) is 9.90 Å². The van der Waals surface area contributed by atoms with E-state index in [2.05, 4.69) is 48.5 Å². The van der Waals surface area contributed by atoms with Crippen LogP contribution in [0.25, 0.3) is 0 Å². The maximum atomic E-state index is 12.6. The van der Waals surface area contributed by atoms with E-state index in [0.717, 1.165) is 19.4 Å². The standard InChI is InChI=1S/C21H26N2O2/c22-15-19(24)14-20(25)23-13-7-12-21(16-23,17-8-3-1-4-9-17)18-10-5-2-6-11-18/h1-6,8-11,19,24H,7,12-16,22H2/t19-/m0/s1. The number of hydrogen-bond donors (Lipinski definition) is 2. The average Bonchev–Trinajstić information content (AvgIpc) is 2.69. The van der Waals surface area contributed by atoms with Gasteiger partial charge in [-0.15, -0.1) is 0 Å². The molecule has 3 N–H and O–H groups in total. The number of rotatable bonds is 5. The van der Waals surface area contributed by atoms with Gasteiger partial charge in [0.2, 0.25) is 5.91 Å². The average molecular weight is 338 g/mol. The van der Waals surface area contributed by atoms with Crippen LogP contribution in [-0.4, -0.2) is 41.7 Å². The van der Waals surface area contributed by atoms with E-state index in [1.165, 1.54) is 11.1 Å². The number of likely N-dealkylation sites (tertiary alicyclic amines) is 1. The van der Waals surface area contributed by atoms with E-state index >= 15 is 0 Å². The Morgan fingerprint density at radius 1 is 1.08 bits per heavy atom. The maximum Gasteiger partial charge on any atom is 0.225 e. The van der Waals surface area contributed by atoms with Crippen LogP contribution in [0.15, 0.2) is 60.7 Å². The number of carbonyl (C=O) groups is 1. The van der Waals surface area contributed by atoms with Crippen LogP contribution in [0, 0.1) is 0 Å². The molecule has 1 fully saturated rings. The van der Waals surface area contributed by atoms with Crippen LogP contribution < -0.4 is 5.73 Å². The van der Waals surface area contributed by atoms with Gasteiger partial charge in [0.15, 0.2) is 0 Å². The van der Waals surface area contributed by atoms with Crippen molar-refractivity contribution < 1.29 is 9.90 Å². The van der Waals surface area contributed by atoms with Crippen molar-refractivity contribution in [2.24, 2.45) is 5.73 Å². The van der Waals surface area contributed by atoms with Crippen LogP contribution in [0.5, 0.6) is 0 Å². The quantitative estimate of drug-likeness (QED) is 0.879. The third-order valence-corrected chi connectivity index (χ3v) is 5.18. The molecule has 0 spiro atoms. The van der Waals surface area contributed by atoms with E-state index in [4.69, 9.17) is 5.73 Å². The number of carbonyl (C=O) groups excluding carboxylic acids is 1. The normalized spacial score (nSPS) is 17.9. The zero-order valence-corrected chi connectivity index (χ0v) is 14.5. The van der Waals surface area contributed by atoms with Crippen LogP contribution in [0.3, 0.4) is 0 Å². The van der Waals surface area contributed by atoms with Gasteiger partial charge < -0.3 is 15.7 Å². The highest BCUT2D eigenvalue weighted by molar-refractivity contribution is 5.77. The zero-order chi connectivity index (χ0) is 17.7. The third kappa shape index (κ3) is 3.75. The van der Waals surface area contributed by atoms with Crippen LogP contribution in [0.4, 0.5) is 0 Å². The number of nitrogens with zero attached hydrogens (tertiary/aromatic N) is 1. The Balaban J connectivity index is 1.94. The van der Waals surface area contributed by atoms with Crippen molar-refractivity contribution in [3.05, 3.63) is 71.8 Å². The summed E-state index contributed by atoms with van der Waals surface area (Å²) < 4.78 is 0. The van der Waals surface area contributed by atoms with E-state index in [1.807, 2.05) is 17.0 Å². The molecule has 1 aliphatic heterocycles. The molecule has 1 amide bonds. The molecule has 3 rings (SSSR count). The number of nitrogens with two attached hydrogens (primary N) is 1. The first-order valence-corrected chi connectivity index (χ1v) is 8.93. The minimum atomic E-state index is -0.766. The molecular formula is C21H26N2O2. The summed E-state index contributed by atoms with van der Waals surface area (Å²) in [6, 6.07) is 20.9. The molecule has 0 aliphatic carbocycles. The summed E-state index contributed by atoms with van der Waals surface area (Å²) in [5, 5.41) is 9.75. The molecule has 4 nitrogen and oxygen atoms in total. The lowest BCUT2D eigenvalue weighted by molar-refractivity contribution is -0.135. The molecule has 2 aromatic carbocycles. The summed E-state index contributed by atoms with van der Waals surface area (Å²) >= 11 is 0. The fraction of sp³-hybridized carbons (Fsp3) is 0.381. The second-order valence-electron chi connectivity index (χ2n) is 6.83. The molecule has 0 bridgehead atoms. The topological polar surface area (TPSA) is 66.6 Å². The van der Waals surface area contributed by atoms with Crippen molar-refractivity contribution in [3.63, 3.8) is 0 Å². The maximum absolute atomic E-state index is 12.6. The van der Waals surface area contributed by atoms with Crippen molar-refractivity contribution in [3.8, 4) is 0 Å². The highest BCUT2D eigenvalue weighted by Gasteiger charge is 2.40. The Labute approximate surface area is 149 Å².